The molecule has 0 saturated carbocycles. The largest absolute Gasteiger partial charge is 0.475 e. The third-order valence-electron chi connectivity index (χ3n) is 4.86. The Morgan fingerprint density at radius 2 is 2.19 bits per heavy atom. The minimum Gasteiger partial charge on any atom is -0.461 e. The first-order valence-electron chi connectivity index (χ1n) is 9.87. The highest BCUT2D eigenvalue weighted by molar-refractivity contribution is 7.48. The van der Waals surface area contributed by atoms with E-state index in [0.29, 0.717) is 0 Å². The fourth-order valence-corrected chi connectivity index (χ4v) is 4.85. The molecule has 0 spiro atoms. The van der Waals surface area contributed by atoms with E-state index in [9.17, 15) is 18.9 Å². The van der Waals surface area contributed by atoms with Crippen LogP contribution in [0.5, 0.6) is 0 Å². The summed E-state index contributed by atoms with van der Waals surface area (Å²) in [6.45, 7) is 4.36. The normalized spacial score (nSPS) is 31.8. The smallest absolute Gasteiger partial charge is 0.461 e. The third kappa shape index (κ3) is 5.20. The van der Waals surface area contributed by atoms with Crippen LogP contribution in [-0.2, 0) is 37.1 Å². The number of carbonyl (C=O) groups is 1. The molecule has 5 atom stereocenters. The van der Waals surface area contributed by atoms with Gasteiger partial charge in [0.15, 0.2) is 6.23 Å². The molecule has 0 amide bonds. The van der Waals surface area contributed by atoms with Crippen molar-refractivity contribution in [3.63, 3.8) is 0 Å². The first-order valence-corrected chi connectivity index (χ1v) is 11.3. The van der Waals surface area contributed by atoms with Gasteiger partial charge in [0.1, 0.15) is 24.2 Å². The lowest BCUT2D eigenvalue weighted by Gasteiger charge is -2.35. The number of aromatic amines is 1. The van der Waals surface area contributed by atoms with Crippen LogP contribution < -0.4 is 11.2 Å². The zero-order valence-corrected chi connectivity index (χ0v) is 18.7. The van der Waals surface area contributed by atoms with Crippen molar-refractivity contribution >= 4 is 13.8 Å². The van der Waals surface area contributed by atoms with Gasteiger partial charge >= 0.3 is 19.5 Å². The Balaban J connectivity index is 1.63. The molecule has 2 aliphatic rings. The Morgan fingerprint density at radius 1 is 1.44 bits per heavy atom. The molecule has 1 N–H and O–H groups in total. The summed E-state index contributed by atoms with van der Waals surface area (Å²) < 4.78 is 46.1. The maximum absolute atomic E-state index is 12.9. The summed E-state index contributed by atoms with van der Waals surface area (Å²) in [5.41, 5.74) is -2.51. The van der Waals surface area contributed by atoms with Gasteiger partial charge in [-0.3, -0.25) is 27.9 Å². The van der Waals surface area contributed by atoms with Crippen LogP contribution >= 0.6 is 7.82 Å². The zero-order valence-electron chi connectivity index (χ0n) is 17.8. The lowest BCUT2D eigenvalue weighted by Crippen LogP contribution is -2.43. The second-order valence-electron chi connectivity index (χ2n) is 7.66. The van der Waals surface area contributed by atoms with Gasteiger partial charge in [0.05, 0.1) is 25.9 Å². The van der Waals surface area contributed by atoms with E-state index in [1.54, 1.807) is 20.8 Å². The van der Waals surface area contributed by atoms with E-state index in [2.05, 4.69) is 10.9 Å². The van der Waals surface area contributed by atoms with Gasteiger partial charge in [-0.1, -0.05) is 5.92 Å². The van der Waals surface area contributed by atoms with Crippen LogP contribution in [0.25, 0.3) is 0 Å². The van der Waals surface area contributed by atoms with Crippen LogP contribution in [-0.4, -0.2) is 60.3 Å². The number of ether oxygens (including phenoxy) is 3. The molecular formula is C19H25N2O10P. The van der Waals surface area contributed by atoms with Crippen LogP contribution in [0.2, 0.25) is 0 Å². The van der Waals surface area contributed by atoms with Gasteiger partial charge in [-0.05, 0) is 20.8 Å². The van der Waals surface area contributed by atoms with Crippen molar-refractivity contribution in [3.05, 3.63) is 33.1 Å². The molecule has 13 heteroatoms. The molecule has 1 aromatic rings. The molecule has 0 bridgehead atoms. The molecule has 0 aliphatic carbocycles. The molecule has 0 radical (unpaired) electrons. The minimum atomic E-state index is -4.02. The molecule has 0 aromatic carbocycles. The fraction of sp³-hybridized carbons (Fsp3) is 0.632. The van der Waals surface area contributed by atoms with Crippen molar-refractivity contribution < 1.29 is 37.1 Å². The minimum absolute atomic E-state index is 0.0592. The number of rotatable bonds is 8. The average molecular weight is 472 g/mol. The summed E-state index contributed by atoms with van der Waals surface area (Å²) in [6, 6.07) is 1.16. The Kier molecular flexibility index (Phi) is 7.39. The van der Waals surface area contributed by atoms with Crippen molar-refractivity contribution in [1.82, 2.24) is 9.55 Å². The fourth-order valence-electron chi connectivity index (χ4n) is 3.39. The molecule has 3 heterocycles. The topological polar surface area (TPSA) is 144 Å². The summed E-state index contributed by atoms with van der Waals surface area (Å²) in [6.07, 6.45) is 4.09. The third-order valence-corrected chi connectivity index (χ3v) is 6.31. The van der Waals surface area contributed by atoms with E-state index < -0.39 is 48.9 Å². The number of aromatic nitrogens is 2. The van der Waals surface area contributed by atoms with Crippen LogP contribution in [0, 0.1) is 17.8 Å². The number of hydrogen-bond acceptors (Lipinski definition) is 10. The van der Waals surface area contributed by atoms with Crippen LogP contribution in [0.3, 0.4) is 0 Å². The van der Waals surface area contributed by atoms with E-state index in [0.717, 1.165) is 10.6 Å². The predicted octanol–water partition coefficient (Wildman–Crippen LogP) is 0.582. The molecule has 176 valence electrons. The molecule has 1 aromatic heterocycles. The number of phosphoric acid groups is 1. The second kappa shape index (κ2) is 9.70. The summed E-state index contributed by atoms with van der Waals surface area (Å²) in [4.78, 5) is 37.2. The van der Waals surface area contributed by atoms with Crippen molar-refractivity contribution in [1.29, 1.82) is 0 Å². The highest BCUT2D eigenvalue weighted by Gasteiger charge is 2.60. The SMILES string of the molecule is C#C[C@]1(C)[C@@H]2O[P@](=O)(OCCOCC(=O)OC(C)C)OC[C@H]2O[C@H]1n1ccc(=O)[nH]c1=O. The lowest BCUT2D eigenvalue weighted by atomic mass is 9.83. The van der Waals surface area contributed by atoms with E-state index >= 15 is 0 Å². The van der Waals surface area contributed by atoms with Gasteiger partial charge in [0.25, 0.3) is 5.56 Å². The first kappa shape index (κ1) is 24.4. The molecule has 0 unspecified atom stereocenters. The quantitative estimate of drug-likeness (QED) is 0.247. The van der Waals surface area contributed by atoms with Crippen molar-refractivity contribution in [2.24, 2.45) is 5.41 Å². The van der Waals surface area contributed by atoms with E-state index in [-0.39, 0.29) is 32.5 Å². The molecular weight excluding hydrogens is 447 g/mol. The average Bonchev–Trinajstić information content (AvgIpc) is 2.99. The Labute approximate surface area is 183 Å². The summed E-state index contributed by atoms with van der Waals surface area (Å²) in [5.74, 6) is 2.03. The summed E-state index contributed by atoms with van der Waals surface area (Å²) in [7, 11) is -4.02. The number of esters is 1. The number of terminal acetylenes is 1. The van der Waals surface area contributed by atoms with Gasteiger partial charge in [0.2, 0.25) is 0 Å². The maximum atomic E-state index is 12.9. The number of nitrogens with one attached hydrogen (secondary N) is 1. The standard InChI is InChI=1S/C19H25N2O10P/c1-5-19(4)16-13(30-17(19)21-7-6-14(22)20-18(21)24)10-28-32(25,31-16)27-9-8-26-11-15(23)29-12(2)3/h1,6-7,12-13,16-17H,8-11H2,2-4H3,(H,20,22,24)/t13-,16-,17-,19-,32-/m1/s1. The van der Waals surface area contributed by atoms with Gasteiger partial charge in [-0.25, -0.2) is 14.2 Å². The van der Waals surface area contributed by atoms with Gasteiger partial charge in [0, 0.05) is 12.3 Å². The second-order valence-corrected chi connectivity index (χ2v) is 9.29. The summed E-state index contributed by atoms with van der Waals surface area (Å²) >= 11 is 0. The van der Waals surface area contributed by atoms with Gasteiger partial charge in [-0.15, -0.1) is 6.42 Å². The number of hydrogen-bond donors (Lipinski definition) is 1. The maximum Gasteiger partial charge on any atom is 0.475 e. The van der Waals surface area contributed by atoms with Crippen molar-refractivity contribution in [2.45, 2.75) is 45.3 Å². The molecule has 12 nitrogen and oxygen atoms in total. The molecule has 32 heavy (non-hydrogen) atoms. The van der Waals surface area contributed by atoms with E-state index in [1.807, 2.05) is 0 Å². The number of carbonyl (C=O) groups excluding carboxylic acids is 1. The highest BCUT2D eigenvalue weighted by atomic mass is 31.2. The monoisotopic (exact) mass is 472 g/mol. The Bertz CT molecular complexity index is 1040. The molecule has 2 saturated heterocycles. The number of H-pyrrole nitrogens is 1. The summed E-state index contributed by atoms with van der Waals surface area (Å²) in [5, 5.41) is 0. The van der Waals surface area contributed by atoms with Crippen LogP contribution in [0.15, 0.2) is 21.9 Å². The lowest BCUT2D eigenvalue weighted by molar-refractivity contribution is -0.153. The number of nitrogens with zero attached hydrogens (tertiary/aromatic N) is 1. The van der Waals surface area contributed by atoms with Crippen LogP contribution in [0.4, 0.5) is 0 Å². The molecule has 2 fully saturated rings. The van der Waals surface area contributed by atoms with E-state index in [1.165, 1.54) is 6.20 Å². The van der Waals surface area contributed by atoms with E-state index in [4.69, 9.17) is 34.2 Å². The number of fused-ring (bicyclic) bond motifs is 1. The molecule has 2 aliphatic heterocycles. The highest BCUT2D eigenvalue weighted by Crippen LogP contribution is 2.60. The Morgan fingerprint density at radius 3 is 2.84 bits per heavy atom. The zero-order chi connectivity index (χ0) is 23.5. The Hall–Kier alpha value is -2.26. The molecule has 3 rings (SSSR count). The predicted molar refractivity (Wildman–Crippen MR) is 109 cm³/mol. The van der Waals surface area contributed by atoms with Gasteiger partial charge < -0.3 is 14.2 Å². The van der Waals surface area contributed by atoms with Crippen molar-refractivity contribution in [3.8, 4) is 12.3 Å². The first-order chi connectivity index (χ1) is 15.1. The number of phosphoric ester groups is 1. The van der Waals surface area contributed by atoms with Crippen LogP contribution in [0.1, 0.15) is 27.0 Å². The van der Waals surface area contributed by atoms with Gasteiger partial charge in [-0.2, -0.15) is 0 Å². The van der Waals surface area contributed by atoms with Crippen molar-refractivity contribution in [2.75, 3.05) is 26.4 Å².